The molecule has 1 heterocycles. The molecule has 6 nitrogen and oxygen atoms in total. The van der Waals surface area contributed by atoms with E-state index in [4.69, 9.17) is 0 Å². The standard InChI is InChI=1S/C8H18N2O4S/c1-8(2,3)9-15(13,14)10-4-6(11)7(12)5-10/h6-7,9,11-12H,4-5H2,1-3H3. The third kappa shape index (κ3) is 3.39. The molecular weight excluding hydrogens is 220 g/mol. The molecule has 1 fully saturated rings. The average Bonchev–Trinajstić information content (AvgIpc) is 2.27. The molecule has 1 rings (SSSR count). The first-order valence-electron chi connectivity index (χ1n) is 4.77. The minimum atomic E-state index is -3.62. The van der Waals surface area contributed by atoms with E-state index >= 15 is 0 Å². The van der Waals surface area contributed by atoms with Gasteiger partial charge in [0.2, 0.25) is 0 Å². The summed E-state index contributed by atoms with van der Waals surface area (Å²) in [6.45, 7) is 5.06. The summed E-state index contributed by atoms with van der Waals surface area (Å²) in [6, 6.07) is 0. The third-order valence-electron chi connectivity index (χ3n) is 2.00. The summed E-state index contributed by atoms with van der Waals surface area (Å²) in [6.07, 6.45) is -2.00. The maximum Gasteiger partial charge on any atom is 0.280 e. The van der Waals surface area contributed by atoms with E-state index in [9.17, 15) is 18.6 Å². The summed E-state index contributed by atoms with van der Waals surface area (Å²) < 4.78 is 27.0. The molecular formula is C8H18N2O4S. The number of nitrogens with one attached hydrogen (secondary N) is 1. The fourth-order valence-electron chi connectivity index (χ4n) is 1.38. The van der Waals surface area contributed by atoms with Crippen molar-refractivity contribution in [3.05, 3.63) is 0 Å². The van der Waals surface area contributed by atoms with Gasteiger partial charge in [0.05, 0.1) is 12.2 Å². The molecule has 1 aliphatic heterocycles. The lowest BCUT2D eigenvalue weighted by Crippen LogP contribution is -2.48. The predicted molar refractivity (Wildman–Crippen MR) is 55.4 cm³/mol. The fraction of sp³-hybridized carbons (Fsp3) is 1.00. The molecule has 0 radical (unpaired) electrons. The second-order valence-corrected chi connectivity index (χ2v) is 6.48. The van der Waals surface area contributed by atoms with E-state index < -0.39 is 28.0 Å². The number of nitrogens with zero attached hydrogens (tertiary/aromatic N) is 1. The molecule has 0 bridgehead atoms. The van der Waals surface area contributed by atoms with E-state index in [0.717, 1.165) is 4.31 Å². The number of β-amino-alcohol motifs (C(OH)–C–C–N with tert-alkyl or cyclic N) is 2. The highest BCUT2D eigenvalue weighted by atomic mass is 32.2. The lowest BCUT2D eigenvalue weighted by atomic mass is 10.1. The van der Waals surface area contributed by atoms with E-state index in [1.165, 1.54) is 0 Å². The van der Waals surface area contributed by atoms with Crippen LogP contribution in [0.5, 0.6) is 0 Å². The van der Waals surface area contributed by atoms with Crippen LogP contribution in [0.1, 0.15) is 20.8 Å². The van der Waals surface area contributed by atoms with Crippen molar-refractivity contribution in [2.75, 3.05) is 13.1 Å². The van der Waals surface area contributed by atoms with Crippen LogP contribution in [0.3, 0.4) is 0 Å². The van der Waals surface area contributed by atoms with Gasteiger partial charge in [-0.25, -0.2) is 0 Å². The van der Waals surface area contributed by atoms with Gasteiger partial charge >= 0.3 is 0 Å². The van der Waals surface area contributed by atoms with Gasteiger partial charge in [-0.2, -0.15) is 17.4 Å². The minimum Gasteiger partial charge on any atom is -0.389 e. The fourth-order valence-corrected chi connectivity index (χ4v) is 2.98. The van der Waals surface area contributed by atoms with Crippen LogP contribution in [0.4, 0.5) is 0 Å². The monoisotopic (exact) mass is 238 g/mol. The van der Waals surface area contributed by atoms with E-state index in [1.54, 1.807) is 20.8 Å². The Morgan fingerprint density at radius 1 is 1.20 bits per heavy atom. The number of hydrogen-bond donors (Lipinski definition) is 3. The molecule has 0 spiro atoms. The van der Waals surface area contributed by atoms with Gasteiger partial charge in [-0.15, -0.1) is 0 Å². The zero-order valence-corrected chi connectivity index (χ0v) is 9.95. The van der Waals surface area contributed by atoms with Crippen LogP contribution in [-0.4, -0.2) is 53.8 Å². The van der Waals surface area contributed by atoms with Crippen LogP contribution in [-0.2, 0) is 10.2 Å². The average molecular weight is 238 g/mol. The van der Waals surface area contributed by atoms with Crippen LogP contribution < -0.4 is 4.72 Å². The van der Waals surface area contributed by atoms with Crippen molar-refractivity contribution in [1.29, 1.82) is 0 Å². The molecule has 0 amide bonds. The first-order chi connectivity index (χ1) is 6.62. The summed E-state index contributed by atoms with van der Waals surface area (Å²) in [5.41, 5.74) is -0.572. The van der Waals surface area contributed by atoms with Crippen molar-refractivity contribution < 1.29 is 18.6 Å². The van der Waals surface area contributed by atoms with E-state index in [0.29, 0.717) is 0 Å². The molecule has 2 unspecified atom stereocenters. The number of aliphatic hydroxyl groups excluding tert-OH is 2. The Morgan fingerprint density at radius 2 is 1.60 bits per heavy atom. The predicted octanol–water partition coefficient (Wildman–Crippen LogP) is -1.34. The van der Waals surface area contributed by atoms with Crippen LogP contribution in [0.15, 0.2) is 0 Å². The van der Waals surface area contributed by atoms with Crippen molar-refractivity contribution in [3.8, 4) is 0 Å². The van der Waals surface area contributed by atoms with Crippen LogP contribution in [0, 0.1) is 0 Å². The molecule has 3 N–H and O–H groups in total. The van der Waals surface area contributed by atoms with E-state index in [-0.39, 0.29) is 13.1 Å². The first kappa shape index (κ1) is 12.9. The lowest BCUT2D eigenvalue weighted by molar-refractivity contribution is 0.0572. The molecule has 1 saturated heterocycles. The highest BCUT2D eigenvalue weighted by Gasteiger charge is 2.38. The van der Waals surface area contributed by atoms with Gasteiger partial charge in [-0.3, -0.25) is 0 Å². The zero-order chi connectivity index (χ0) is 11.9. The van der Waals surface area contributed by atoms with Gasteiger partial charge in [-0.1, -0.05) is 0 Å². The quantitative estimate of drug-likeness (QED) is 0.555. The molecule has 15 heavy (non-hydrogen) atoms. The van der Waals surface area contributed by atoms with Crippen LogP contribution >= 0.6 is 0 Å². The van der Waals surface area contributed by atoms with Gasteiger partial charge in [0.1, 0.15) is 0 Å². The smallest absolute Gasteiger partial charge is 0.280 e. The second-order valence-electron chi connectivity index (χ2n) is 4.81. The molecule has 0 saturated carbocycles. The molecule has 90 valence electrons. The Morgan fingerprint density at radius 3 is 1.93 bits per heavy atom. The summed E-state index contributed by atoms with van der Waals surface area (Å²) in [5, 5.41) is 18.5. The summed E-state index contributed by atoms with van der Waals surface area (Å²) in [7, 11) is -3.62. The van der Waals surface area contributed by atoms with Crippen molar-refractivity contribution in [3.63, 3.8) is 0 Å². The molecule has 7 heteroatoms. The zero-order valence-electron chi connectivity index (χ0n) is 9.14. The van der Waals surface area contributed by atoms with Gasteiger partial charge in [0, 0.05) is 18.6 Å². The minimum absolute atomic E-state index is 0.0629. The Labute approximate surface area is 90.1 Å². The Hall–Kier alpha value is -0.210. The van der Waals surface area contributed by atoms with Crippen molar-refractivity contribution in [2.24, 2.45) is 0 Å². The summed E-state index contributed by atoms with van der Waals surface area (Å²) in [5.74, 6) is 0. The molecule has 0 aliphatic carbocycles. The van der Waals surface area contributed by atoms with E-state index in [1.807, 2.05) is 0 Å². The highest BCUT2D eigenvalue weighted by Crippen LogP contribution is 2.15. The van der Waals surface area contributed by atoms with Gasteiger partial charge in [0.25, 0.3) is 10.2 Å². The largest absolute Gasteiger partial charge is 0.389 e. The number of hydrogen-bond acceptors (Lipinski definition) is 4. The van der Waals surface area contributed by atoms with Gasteiger partial charge in [-0.05, 0) is 20.8 Å². The van der Waals surface area contributed by atoms with Crippen LogP contribution in [0.2, 0.25) is 0 Å². The van der Waals surface area contributed by atoms with E-state index in [2.05, 4.69) is 4.72 Å². The lowest BCUT2D eigenvalue weighted by Gasteiger charge is -2.24. The normalized spacial score (nSPS) is 29.7. The maximum atomic E-state index is 11.7. The molecule has 2 atom stereocenters. The van der Waals surface area contributed by atoms with Crippen molar-refractivity contribution in [1.82, 2.24) is 9.03 Å². The number of aliphatic hydroxyl groups is 2. The molecule has 0 aromatic heterocycles. The summed E-state index contributed by atoms with van der Waals surface area (Å²) >= 11 is 0. The van der Waals surface area contributed by atoms with Gasteiger partial charge < -0.3 is 10.2 Å². The van der Waals surface area contributed by atoms with Crippen molar-refractivity contribution in [2.45, 2.75) is 38.5 Å². The second kappa shape index (κ2) is 3.99. The topological polar surface area (TPSA) is 89.9 Å². The maximum absolute atomic E-state index is 11.7. The van der Waals surface area contributed by atoms with Crippen molar-refractivity contribution >= 4 is 10.2 Å². The highest BCUT2D eigenvalue weighted by molar-refractivity contribution is 7.87. The Kier molecular flexibility index (Phi) is 3.42. The molecule has 0 aromatic rings. The third-order valence-corrected chi connectivity index (χ3v) is 3.85. The SMILES string of the molecule is CC(C)(C)NS(=O)(=O)N1CC(O)C(O)C1. The number of rotatable bonds is 2. The summed E-state index contributed by atoms with van der Waals surface area (Å²) in [4.78, 5) is 0. The molecule has 0 aromatic carbocycles. The first-order valence-corrected chi connectivity index (χ1v) is 6.21. The van der Waals surface area contributed by atoms with Gasteiger partial charge in [0.15, 0.2) is 0 Å². The van der Waals surface area contributed by atoms with Crippen LogP contribution in [0.25, 0.3) is 0 Å². The molecule has 1 aliphatic rings. The Bertz CT molecular complexity index is 312. The Balaban J connectivity index is 2.72.